The zero-order chi connectivity index (χ0) is 10.6. The molecule has 0 bridgehead atoms. The molecular weight excluding hydrogens is 319 g/mol. The van der Waals surface area contributed by atoms with Gasteiger partial charge >= 0.3 is 0 Å². The third-order valence-electron chi connectivity index (χ3n) is 1.72. The van der Waals surface area contributed by atoms with Crippen LogP contribution in [0.4, 0.5) is 0 Å². The second-order valence-corrected chi connectivity index (χ2v) is 2.94. The van der Waals surface area contributed by atoms with Crippen molar-refractivity contribution in [3.63, 3.8) is 0 Å². The van der Waals surface area contributed by atoms with Crippen molar-refractivity contribution in [1.82, 2.24) is 10.6 Å². The number of rotatable bonds is 0. The number of amides is 4. The average molecular weight is 329 g/mol. The third kappa shape index (κ3) is 7.32. The number of hydrogen-bond donors (Lipinski definition) is 2. The fraction of sp³-hybridized carbons (Fsp3) is 0.500. The van der Waals surface area contributed by atoms with Gasteiger partial charge in [-0.2, -0.15) is 0 Å². The Morgan fingerprint density at radius 3 is 0.875 bits per heavy atom. The number of imide groups is 2. The SMILES string of the molecule is O=C1CCC(=O)N1.O=C1CCC(=O)N1.[Ag].[Na]. The summed E-state index contributed by atoms with van der Waals surface area (Å²) in [6.45, 7) is 0. The van der Waals surface area contributed by atoms with E-state index in [-0.39, 0.29) is 75.6 Å². The molecule has 0 atom stereocenters. The van der Waals surface area contributed by atoms with Crippen molar-refractivity contribution in [3.8, 4) is 0 Å². The molecule has 4 amide bonds. The van der Waals surface area contributed by atoms with Crippen molar-refractivity contribution in [2.75, 3.05) is 0 Å². The van der Waals surface area contributed by atoms with Crippen LogP contribution in [0.5, 0.6) is 0 Å². The maximum atomic E-state index is 10.1. The molecule has 2 radical (unpaired) electrons. The van der Waals surface area contributed by atoms with Crippen LogP contribution in [0.1, 0.15) is 25.7 Å². The van der Waals surface area contributed by atoms with Crippen LogP contribution in [0.2, 0.25) is 0 Å². The van der Waals surface area contributed by atoms with Crippen molar-refractivity contribution >= 4 is 53.2 Å². The summed E-state index contributed by atoms with van der Waals surface area (Å²) in [7, 11) is 0. The zero-order valence-electron chi connectivity index (χ0n) is 8.76. The summed E-state index contributed by atoms with van der Waals surface area (Å²) in [4.78, 5) is 40.5. The van der Waals surface area contributed by atoms with Gasteiger partial charge in [-0.3, -0.25) is 29.8 Å². The van der Waals surface area contributed by atoms with E-state index in [1.807, 2.05) is 0 Å². The summed E-state index contributed by atoms with van der Waals surface area (Å²) in [5.74, 6) is -0.593. The first-order valence-electron chi connectivity index (χ1n) is 4.23. The molecule has 0 aromatic carbocycles. The second kappa shape index (κ2) is 9.09. The Kier molecular flexibility index (Phi) is 10.4. The molecule has 2 rings (SSSR count). The smallest absolute Gasteiger partial charge is 0.227 e. The standard InChI is InChI=1S/2C4H5NO2.Ag.Na/c2*6-3-1-2-4(7)5-3;;/h2*1-2H2,(H,5,6,7);;. The predicted molar refractivity (Wildman–Crippen MR) is 50.5 cm³/mol. The van der Waals surface area contributed by atoms with Crippen LogP contribution in [-0.2, 0) is 41.6 Å². The van der Waals surface area contributed by atoms with Crippen LogP contribution in [0.3, 0.4) is 0 Å². The molecule has 2 saturated heterocycles. The normalized spacial score (nSPS) is 17.5. The van der Waals surface area contributed by atoms with Crippen LogP contribution >= 0.6 is 0 Å². The largest absolute Gasteiger partial charge is 0.296 e. The van der Waals surface area contributed by atoms with Crippen LogP contribution in [0.25, 0.3) is 0 Å². The van der Waals surface area contributed by atoms with E-state index in [1.165, 1.54) is 0 Å². The van der Waals surface area contributed by atoms with E-state index >= 15 is 0 Å². The van der Waals surface area contributed by atoms with E-state index in [0.717, 1.165) is 0 Å². The van der Waals surface area contributed by atoms with Gasteiger partial charge < -0.3 is 0 Å². The minimum absolute atomic E-state index is 0. The van der Waals surface area contributed by atoms with E-state index in [4.69, 9.17) is 0 Å². The van der Waals surface area contributed by atoms with Crippen LogP contribution < -0.4 is 10.6 Å². The van der Waals surface area contributed by atoms with E-state index < -0.39 is 0 Å². The quantitative estimate of drug-likeness (QED) is 0.416. The predicted octanol–water partition coefficient (Wildman–Crippen LogP) is -1.54. The molecular formula is C8H10AgN2NaO4. The summed E-state index contributed by atoms with van der Waals surface area (Å²) >= 11 is 0. The van der Waals surface area contributed by atoms with Gasteiger partial charge in [-0.1, -0.05) is 0 Å². The molecule has 2 heterocycles. The molecule has 88 valence electrons. The molecule has 2 aliphatic rings. The molecule has 0 aromatic rings. The Balaban J connectivity index is 0. The van der Waals surface area contributed by atoms with E-state index in [1.54, 1.807) is 0 Å². The van der Waals surface area contributed by atoms with Gasteiger partial charge in [-0.05, 0) is 0 Å². The first-order valence-corrected chi connectivity index (χ1v) is 4.23. The first-order chi connectivity index (χ1) is 6.58. The fourth-order valence-electron chi connectivity index (χ4n) is 1.02. The maximum absolute atomic E-state index is 10.1. The van der Waals surface area contributed by atoms with E-state index in [9.17, 15) is 19.2 Å². The van der Waals surface area contributed by atoms with Gasteiger partial charge in [0, 0.05) is 77.6 Å². The molecule has 0 spiro atoms. The van der Waals surface area contributed by atoms with Gasteiger partial charge in [-0.25, -0.2) is 0 Å². The molecule has 0 unspecified atom stereocenters. The van der Waals surface area contributed by atoms with E-state index in [2.05, 4.69) is 10.6 Å². The third-order valence-corrected chi connectivity index (χ3v) is 1.72. The van der Waals surface area contributed by atoms with Crippen molar-refractivity contribution in [3.05, 3.63) is 0 Å². The van der Waals surface area contributed by atoms with Gasteiger partial charge in [0.05, 0.1) is 0 Å². The minimum Gasteiger partial charge on any atom is -0.296 e. The molecule has 2 N–H and O–H groups in total. The maximum Gasteiger partial charge on any atom is 0.227 e. The van der Waals surface area contributed by atoms with Gasteiger partial charge in [0.15, 0.2) is 0 Å². The van der Waals surface area contributed by atoms with Crippen LogP contribution in [0, 0.1) is 0 Å². The summed E-state index contributed by atoms with van der Waals surface area (Å²) in [6, 6.07) is 0. The van der Waals surface area contributed by atoms with Crippen molar-refractivity contribution < 1.29 is 41.6 Å². The molecule has 2 fully saturated rings. The summed E-state index contributed by atoms with van der Waals surface area (Å²) in [5.41, 5.74) is 0. The monoisotopic (exact) mass is 328 g/mol. The van der Waals surface area contributed by atoms with Crippen molar-refractivity contribution in [2.24, 2.45) is 0 Å². The minimum atomic E-state index is -0.148. The Labute approximate surface area is 130 Å². The van der Waals surface area contributed by atoms with Gasteiger partial charge in [0.2, 0.25) is 23.6 Å². The summed E-state index contributed by atoms with van der Waals surface area (Å²) in [6.07, 6.45) is 1.50. The number of nitrogens with one attached hydrogen (secondary N) is 2. The molecule has 16 heavy (non-hydrogen) atoms. The van der Waals surface area contributed by atoms with Crippen molar-refractivity contribution in [2.45, 2.75) is 25.7 Å². The van der Waals surface area contributed by atoms with E-state index in [0.29, 0.717) is 25.7 Å². The zero-order valence-corrected chi connectivity index (χ0v) is 12.2. The number of carbonyl (C=O) groups is 4. The Bertz CT molecular complexity index is 250. The first kappa shape index (κ1) is 18.4. The fourth-order valence-corrected chi connectivity index (χ4v) is 1.02. The Hall–Kier alpha value is 0.0203. The van der Waals surface area contributed by atoms with Crippen LogP contribution in [-0.4, -0.2) is 53.2 Å². The number of hydrogen-bond acceptors (Lipinski definition) is 4. The van der Waals surface area contributed by atoms with Gasteiger partial charge in [0.25, 0.3) is 0 Å². The molecule has 0 aromatic heterocycles. The van der Waals surface area contributed by atoms with Gasteiger partial charge in [0.1, 0.15) is 0 Å². The van der Waals surface area contributed by atoms with Gasteiger partial charge in [-0.15, -0.1) is 0 Å². The average Bonchev–Trinajstić information content (AvgIpc) is 2.63. The Morgan fingerprint density at radius 1 is 0.625 bits per heavy atom. The second-order valence-electron chi connectivity index (χ2n) is 2.94. The molecule has 0 aliphatic carbocycles. The topological polar surface area (TPSA) is 92.3 Å². The molecule has 2 aliphatic heterocycles. The van der Waals surface area contributed by atoms with Crippen molar-refractivity contribution in [1.29, 1.82) is 0 Å². The summed E-state index contributed by atoms with van der Waals surface area (Å²) in [5, 5.41) is 4.28. The molecule has 0 saturated carbocycles. The Morgan fingerprint density at radius 2 is 0.812 bits per heavy atom. The molecule has 6 nitrogen and oxygen atoms in total. The van der Waals surface area contributed by atoms with Crippen LogP contribution in [0.15, 0.2) is 0 Å². The number of carbonyl (C=O) groups excluding carboxylic acids is 4. The summed E-state index contributed by atoms with van der Waals surface area (Å²) < 4.78 is 0. The molecule has 8 heteroatoms.